The highest BCUT2D eigenvalue weighted by atomic mass is 15.2. The molecule has 2 rings (SSSR count). The van der Waals surface area contributed by atoms with E-state index in [0.717, 1.165) is 30.7 Å². The Morgan fingerprint density at radius 2 is 1.78 bits per heavy atom. The van der Waals surface area contributed by atoms with Crippen molar-refractivity contribution < 1.29 is 0 Å². The highest BCUT2D eigenvalue weighted by Gasteiger charge is 2.10. The molecule has 1 aliphatic heterocycles. The van der Waals surface area contributed by atoms with E-state index in [9.17, 15) is 0 Å². The van der Waals surface area contributed by atoms with E-state index in [1.54, 1.807) is 0 Å². The summed E-state index contributed by atoms with van der Waals surface area (Å²) < 4.78 is 0. The summed E-state index contributed by atoms with van der Waals surface area (Å²) in [5.41, 5.74) is 3.33. The van der Waals surface area contributed by atoms with Crippen molar-refractivity contribution >= 4 is 18.3 Å². The van der Waals surface area contributed by atoms with Crippen molar-refractivity contribution in [2.45, 2.75) is 52.5 Å². The number of aliphatic imine (C=N–C) groups is 1. The zero-order chi connectivity index (χ0) is 16.5. The van der Waals surface area contributed by atoms with E-state index in [-0.39, 0.29) is 0 Å². The minimum absolute atomic E-state index is 0.588. The van der Waals surface area contributed by atoms with Crippen molar-refractivity contribution in [1.29, 1.82) is 0 Å². The van der Waals surface area contributed by atoms with Gasteiger partial charge in [-0.15, -0.1) is 5.10 Å². The molecule has 0 aromatic heterocycles. The zero-order valence-corrected chi connectivity index (χ0v) is 14.5. The summed E-state index contributed by atoms with van der Waals surface area (Å²) in [4.78, 5) is 6.54. The Morgan fingerprint density at radius 3 is 2.39 bits per heavy atom. The summed E-state index contributed by atoms with van der Waals surface area (Å²) in [7, 11) is 0. The number of likely N-dealkylation sites (tertiary alicyclic amines) is 1. The molecule has 4 heteroatoms. The third-order valence-corrected chi connectivity index (χ3v) is 4.14. The van der Waals surface area contributed by atoms with E-state index in [2.05, 4.69) is 58.0 Å². The molecule has 1 aromatic rings. The minimum atomic E-state index is 0.588. The van der Waals surface area contributed by atoms with Crippen LogP contribution in [0.4, 0.5) is 0 Å². The molecular weight excluding hydrogens is 284 g/mol. The maximum Gasteiger partial charge on any atom is 0.181 e. The molecule has 1 aromatic carbocycles. The third kappa shape index (κ3) is 5.71. The van der Waals surface area contributed by atoms with Crippen LogP contribution in [0.25, 0.3) is 0 Å². The molecule has 124 valence electrons. The number of amidine groups is 1. The van der Waals surface area contributed by atoms with Gasteiger partial charge in [0.15, 0.2) is 5.84 Å². The Hall–Kier alpha value is -1.81. The lowest BCUT2D eigenvalue weighted by Gasteiger charge is -2.26. The predicted molar refractivity (Wildman–Crippen MR) is 99.7 cm³/mol. The molecule has 1 aliphatic rings. The van der Waals surface area contributed by atoms with Gasteiger partial charge in [-0.05, 0) is 51.6 Å². The minimum Gasteiger partial charge on any atom is -0.299 e. The van der Waals surface area contributed by atoms with Gasteiger partial charge in [-0.2, -0.15) is 5.10 Å². The Balaban J connectivity index is 2.02. The summed E-state index contributed by atoms with van der Waals surface area (Å²) in [6.07, 6.45) is 6.06. The lowest BCUT2D eigenvalue weighted by atomic mass is 10.1. The molecule has 1 saturated heterocycles. The van der Waals surface area contributed by atoms with Crippen LogP contribution in [0.1, 0.15) is 57.1 Å². The van der Waals surface area contributed by atoms with Gasteiger partial charge < -0.3 is 0 Å². The fraction of sp³-hybridized carbons (Fsp3) is 0.526. The molecule has 0 amide bonds. The van der Waals surface area contributed by atoms with Crippen LogP contribution in [-0.4, -0.2) is 36.3 Å². The second kappa shape index (κ2) is 9.36. The first-order chi connectivity index (χ1) is 11.2. The van der Waals surface area contributed by atoms with Crippen LogP contribution in [0, 0.1) is 0 Å². The second-order valence-corrected chi connectivity index (χ2v) is 6.20. The van der Waals surface area contributed by atoms with Gasteiger partial charge in [0, 0.05) is 17.8 Å². The van der Waals surface area contributed by atoms with Crippen LogP contribution < -0.4 is 0 Å². The van der Waals surface area contributed by atoms with E-state index >= 15 is 0 Å². The van der Waals surface area contributed by atoms with Crippen LogP contribution in [-0.2, 0) is 6.54 Å². The first-order valence-electron chi connectivity index (χ1n) is 8.62. The average Bonchev–Trinajstić information content (AvgIpc) is 2.58. The molecule has 1 heterocycles. The van der Waals surface area contributed by atoms with Crippen molar-refractivity contribution in [3.8, 4) is 0 Å². The zero-order valence-electron chi connectivity index (χ0n) is 14.5. The SMILES string of the molecule is C=N/C(=N\N=C(/C)CCC)c1ccc(CN2CCCCC2)cc1. The summed E-state index contributed by atoms with van der Waals surface area (Å²) in [6, 6.07) is 8.45. The summed E-state index contributed by atoms with van der Waals surface area (Å²) >= 11 is 0. The van der Waals surface area contributed by atoms with E-state index in [0.29, 0.717) is 5.84 Å². The smallest absolute Gasteiger partial charge is 0.181 e. The van der Waals surface area contributed by atoms with Gasteiger partial charge >= 0.3 is 0 Å². The van der Waals surface area contributed by atoms with Crippen LogP contribution in [0.15, 0.2) is 39.5 Å². The van der Waals surface area contributed by atoms with Gasteiger partial charge in [0.05, 0.1) is 0 Å². The number of piperidine rings is 1. The first kappa shape index (κ1) is 17.5. The second-order valence-electron chi connectivity index (χ2n) is 6.20. The number of benzene rings is 1. The topological polar surface area (TPSA) is 40.3 Å². The molecular formula is C19H28N4. The van der Waals surface area contributed by atoms with E-state index < -0.39 is 0 Å². The van der Waals surface area contributed by atoms with Crippen LogP contribution in [0.3, 0.4) is 0 Å². The molecule has 0 aliphatic carbocycles. The Morgan fingerprint density at radius 1 is 1.09 bits per heavy atom. The Kier molecular flexibility index (Phi) is 7.14. The van der Waals surface area contributed by atoms with E-state index in [1.165, 1.54) is 37.9 Å². The summed E-state index contributed by atoms with van der Waals surface area (Å²) in [6.45, 7) is 11.2. The maximum absolute atomic E-state index is 4.24. The van der Waals surface area contributed by atoms with Crippen LogP contribution >= 0.6 is 0 Å². The van der Waals surface area contributed by atoms with Crippen molar-refractivity contribution in [2.75, 3.05) is 13.1 Å². The van der Waals surface area contributed by atoms with E-state index in [4.69, 9.17) is 0 Å². The summed E-state index contributed by atoms with van der Waals surface area (Å²) in [5, 5.41) is 8.48. The lowest BCUT2D eigenvalue weighted by molar-refractivity contribution is 0.221. The number of hydrogen-bond donors (Lipinski definition) is 0. The quantitative estimate of drug-likeness (QED) is 0.439. The molecule has 4 nitrogen and oxygen atoms in total. The fourth-order valence-electron chi connectivity index (χ4n) is 2.86. The molecule has 0 saturated carbocycles. The monoisotopic (exact) mass is 312 g/mol. The van der Waals surface area contributed by atoms with Gasteiger partial charge in [-0.3, -0.25) is 4.90 Å². The van der Waals surface area contributed by atoms with Crippen LogP contribution in [0.5, 0.6) is 0 Å². The van der Waals surface area contributed by atoms with Gasteiger partial charge in [0.1, 0.15) is 0 Å². The van der Waals surface area contributed by atoms with Crippen molar-refractivity contribution in [2.24, 2.45) is 15.2 Å². The predicted octanol–water partition coefficient (Wildman–Crippen LogP) is 4.30. The molecule has 0 unspecified atom stereocenters. The van der Waals surface area contributed by atoms with Crippen molar-refractivity contribution in [3.63, 3.8) is 0 Å². The molecule has 0 radical (unpaired) electrons. The number of rotatable bonds is 6. The van der Waals surface area contributed by atoms with Gasteiger partial charge in [-0.1, -0.05) is 44.0 Å². The van der Waals surface area contributed by atoms with Crippen molar-refractivity contribution in [3.05, 3.63) is 35.4 Å². The Labute approximate surface area is 140 Å². The van der Waals surface area contributed by atoms with Crippen LogP contribution in [0.2, 0.25) is 0 Å². The summed E-state index contributed by atoms with van der Waals surface area (Å²) in [5.74, 6) is 0.588. The Bertz CT molecular complexity index is 551. The maximum atomic E-state index is 4.24. The standard InChI is InChI=1S/C19H28N4/c1-4-8-16(2)21-22-19(20-3)18-11-9-17(10-12-18)15-23-13-6-5-7-14-23/h9-12H,3-8,13-15H2,1-2H3/b21-16+,22-19-. The highest BCUT2D eigenvalue weighted by Crippen LogP contribution is 2.14. The molecule has 1 fully saturated rings. The van der Waals surface area contributed by atoms with Gasteiger partial charge in [0.25, 0.3) is 0 Å². The number of hydrogen-bond acceptors (Lipinski definition) is 3. The first-order valence-corrected chi connectivity index (χ1v) is 8.62. The lowest BCUT2D eigenvalue weighted by Crippen LogP contribution is -2.29. The van der Waals surface area contributed by atoms with Gasteiger partial charge in [-0.25, -0.2) is 4.99 Å². The normalized spacial score (nSPS) is 17.3. The molecule has 0 N–H and O–H groups in total. The molecule has 0 bridgehead atoms. The molecule has 0 spiro atoms. The van der Waals surface area contributed by atoms with Gasteiger partial charge in [0.2, 0.25) is 0 Å². The largest absolute Gasteiger partial charge is 0.299 e. The highest BCUT2D eigenvalue weighted by molar-refractivity contribution is 6.01. The van der Waals surface area contributed by atoms with E-state index in [1.807, 2.05) is 6.92 Å². The fourth-order valence-corrected chi connectivity index (χ4v) is 2.86. The molecule has 0 atom stereocenters. The average molecular weight is 312 g/mol. The molecule has 23 heavy (non-hydrogen) atoms. The van der Waals surface area contributed by atoms with Crippen molar-refractivity contribution in [1.82, 2.24) is 4.90 Å². The number of nitrogens with zero attached hydrogens (tertiary/aromatic N) is 4. The third-order valence-electron chi connectivity index (χ3n) is 4.14.